The maximum absolute atomic E-state index is 13.2. The lowest BCUT2D eigenvalue weighted by atomic mass is 9.89. The van der Waals surface area contributed by atoms with E-state index in [0.717, 1.165) is 51.4 Å². The van der Waals surface area contributed by atoms with Crippen LogP contribution >= 0.6 is 0 Å². The highest BCUT2D eigenvalue weighted by Gasteiger charge is 2.39. The van der Waals surface area contributed by atoms with Crippen LogP contribution in [-0.2, 0) is 38.2 Å². The number of hydrogen-bond donors (Lipinski definition) is 0. The Hall–Kier alpha value is -1.16. The van der Waals surface area contributed by atoms with Crippen LogP contribution in [0.5, 0.6) is 0 Å². The van der Waals surface area contributed by atoms with Crippen LogP contribution in [0.25, 0.3) is 0 Å². The van der Waals surface area contributed by atoms with E-state index in [1.165, 1.54) is 0 Å². The first-order valence-electron chi connectivity index (χ1n) is 15.6. The summed E-state index contributed by atoms with van der Waals surface area (Å²) in [6.07, 6.45) is 8.87. The van der Waals surface area contributed by atoms with Crippen molar-refractivity contribution in [1.82, 2.24) is 0 Å². The lowest BCUT2D eigenvalue weighted by Gasteiger charge is -2.29. The van der Waals surface area contributed by atoms with Crippen LogP contribution in [0.15, 0.2) is 0 Å². The molecule has 0 aromatic rings. The molecule has 0 aliphatic carbocycles. The first-order valence-corrected chi connectivity index (χ1v) is 18.5. The highest BCUT2D eigenvalue weighted by molar-refractivity contribution is 7.88. The Morgan fingerprint density at radius 1 is 0.500 bits per heavy atom. The van der Waals surface area contributed by atoms with Crippen LogP contribution < -0.4 is 0 Å². The molecule has 4 atom stereocenters. The van der Waals surface area contributed by atoms with Gasteiger partial charge in [-0.3, -0.25) is 9.59 Å². The maximum atomic E-state index is 13.2. The van der Waals surface area contributed by atoms with Gasteiger partial charge in [0.05, 0.1) is 12.8 Å². The Morgan fingerprint density at radius 2 is 0.725 bits per heavy atom. The van der Waals surface area contributed by atoms with Gasteiger partial charge in [0.25, 0.3) is 0 Å². The quantitative estimate of drug-likeness (QED) is 0.109. The third kappa shape index (κ3) is 14.1. The van der Waals surface area contributed by atoms with Crippen molar-refractivity contribution in [3.8, 4) is 0 Å². The van der Waals surface area contributed by atoms with E-state index in [-0.39, 0.29) is 23.7 Å². The molecule has 0 aromatic heterocycles. The van der Waals surface area contributed by atoms with Crippen molar-refractivity contribution in [2.75, 3.05) is 0 Å². The smallest absolute Gasteiger partial charge is 0.322 e. The van der Waals surface area contributed by atoms with Crippen molar-refractivity contribution in [3.05, 3.63) is 0 Å². The van der Waals surface area contributed by atoms with Gasteiger partial charge in [-0.1, -0.05) is 107 Å². The van der Waals surface area contributed by atoms with Gasteiger partial charge < -0.3 is 8.37 Å². The van der Waals surface area contributed by atoms with Gasteiger partial charge in [0.1, 0.15) is 10.5 Å². The summed E-state index contributed by atoms with van der Waals surface area (Å²) in [6, 6.07) is 0. The van der Waals surface area contributed by atoms with Crippen molar-refractivity contribution in [3.63, 3.8) is 0 Å². The summed E-state index contributed by atoms with van der Waals surface area (Å²) in [7, 11) is -8.48. The van der Waals surface area contributed by atoms with Crippen LogP contribution in [0.2, 0.25) is 0 Å². The predicted octanol–water partition coefficient (Wildman–Crippen LogP) is 7.56. The maximum Gasteiger partial charge on any atom is 0.322 e. The molecule has 0 fully saturated rings. The molecule has 4 unspecified atom stereocenters. The minimum atomic E-state index is -4.24. The van der Waals surface area contributed by atoms with Crippen LogP contribution in [0.1, 0.15) is 145 Å². The fourth-order valence-corrected chi connectivity index (χ4v) is 9.41. The van der Waals surface area contributed by atoms with Crippen LogP contribution in [0.4, 0.5) is 0 Å². The van der Waals surface area contributed by atoms with Gasteiger partial charge in [-0.05, 0) is 49.4 Å². The summed E-state index contributed by atoms with van der Waals surface area (Å²) in [6.45, 7) is 15.6. The Kier molecular flexibility index (Phi) is 19.3. The van der Waals surface area contributed by atoms with Gasteiger partial charge in [0, 0.05) is 0 Å². The van der Waals surface area contributed by atoms with E-state index in [2.05, 4.69) is 0 Å². The van der Waals surface area contributed by atoms with Crippen LogP contribution in [0, 0.1) is 23.7 Å². The standard InChI is InChI=1S/C30H58O8S2/c1-9-13-17-23(5)29(24(6)18-14-10-2)39(33,34)37-27(31)21-22-28(32)38-40(35,36)30(25(7)19-15-11-3)26(8)20-16-12-4/h23-26,29-30H,9-22H2,1-8H3. The lowest BCUT2D eigenvalue weighted by Crippen LogP contribution is -2.37. The molecule has 0 rings (SSSR count). The van der Waals surface area contributed by atoms with E-state index < -0.39 is 55.5 Å². The number of hydrogen-bond acceptors (Lipinski definition) is 8. The number of rotatable bonds is 23. The highest BCUT2D eigenvalue weighted by atomic mass is 32.2. The summed E-state index contributed by atoms with van der Waals surface area (Å²) in [4.78, 5) is 25.1. The van der Waals surface area contributed by atoms with Crippen LogP contribution in [0.3, 0.4) is 0 Å². The van der Waals surface area contributed by atoms with Gasteiger partial charge in [-0.15, -0.1) is 0 Å². The molecule has 40 heavy (non-hydrogen) atoms. The molecule has 0 saturated heterocycles. The summed E-state index contributed by atoms with van der Waals surface area (Å²) in [5, 5.41) is -1.67. The molecular formula is C30H58O8S2. The zero-order chi connectivity index (χ0) is 30.9. The fraction of sp³-hybridized carbons (Fsp3) is 0.933. The topological polar surface area (TPSA) is 121 Å². The summed E-state index contributed by atoms with van der Waals surface area (Å²) in [5.41, 5.74) is 0. The molecule has 8 nitrogen and oxygen atoms in total. The molecule has 0 amide bonds. The number of unbranched alkanes of at least 4 members (excludes halogenated alkanes) is 4. The Labute approximate surface area is 246 Å². The first kappa shape index (κ1) is 38.8. The van der Waals surface area contributed by atoms with Crippen molar-refractivity contribution >= 4 is 32.2 Å². The second-order valence-electron chi connectivity index (χ2n) is 11.8. The zero-order valence-electron chi connectivity index (χ0n) is 26.4. The molecule has 0 bridgehead atoms. The molecule has 0 radical (unpaired) electrons. The normalized spacial score (nSPS) is 16.9. The Bertz CT molecular complexity index is 825. The third-order valence-corrected chi connectivity index (χ3v) is 11.9. The molecule has 238 valence electrons. The summed E-state index contributed by atoms with van der Waals surface area (Å²) < 4.78 is 62.7. The monoisotopic (exact) mass is 610 g/mol. The van der Waals surface area contributed by atoms with Gasteiger partial charge in [0.2, 0.25) is 0 Å². The molecule has 0 aliphatic heterocycles. The minimum Gasteiger partial charge on any atom is -0.345 e. The summed E-state index contributed by atoms with van der Waals surface area (Å²) in [5.74, 6) is -2.92. The largest absolute Gasteiger partial charge is 0.345 e. The molecule has 0 aromatic carbocycles. The molecule has 0 aliphatic rings. The van der Waals surface area contributed by atoms with Gasteiger partial charge in [-0.2, -0.15) is 16.8 Å². The van der Waals surface area contributed by atoms with E-state index in [0.29, 0.717) is 25.7 Å². The van der Waals surface area contributed by atoms with E-state index >= 15 is 0 Å². The van der Waals surface area contributed by atoms with E-state index in [1.54, 1.807) is 0 Å². The minimum absolute atomic E-state index is 0.193. The summed E-state index contributed by atoms with van der Waals surface area (Å²) >= 11 is 0. The van der Waals surface area contributed by atoms with Crippen molar-refractivity contribution in [1.29, 1.82) is 0 Å². The number of carbonyl (C=O) groups is 2. The molecule has 10 heteroatoms. The SMILES string of the molecule is CCCCC(C)C(C(C)CCCC)S(=O)(=O)OC(=O)CCC(=O)OS(=O)(=O)C(C(C)CCCC)C(C)CCCC. The average molecular weight is 611 g/mol. The Morgan fingerprint density at radius 3 is 0.925 bits per heavy atom. The average Bonchev–Trinajstić information content (AvgIpc) is 2.86. The van der Waals surface area contributed by atoms with E-state index in [1.807, 2.05) is 55.4 Å². The van der Waals surface area contributed by atoms with Crippen molar-refractivity contribution in [2.24, 2.45) is 23.7 Å². The molecule has 0 N–H and O–H groups in total. The first-order chi connectivity index (χ1) is 18.7. The third-order valence-electron chi connectivity index (χ3n) is 7.91. The Balaban J connectivity index is 5.44. The second-order valence-corrected chi connectivity index (χ2v) is 15.2. The van der Waals surface area contributed by atoms with Gasteiger partial charge in [0.15, 0.2) is 0 Å². The molecule has 0 spiro atoms. The molecule has 0 saturated carbocycles. The number of carbonyl (C=O) groups excluding carboxylic acids is 2. The zero-order valence-corrected chi connectivity index (χ0v) is 28.1. The van der Waals surface area contributed by atoms with Crippen molar-refractivity contribution in [2.45, 2.75) is 156 Å². The van der Waals surface area contributed by atoms with E-state index in [9.17, 15) is 26.4 Å². The highest BCUT2D eigenvalue weighted by Crippen LogP contribution is 2.31. The lowest BCUT2D eigenvalue weighted by molar-refractivity contribution is -0.140. The van der Waals surface area contributed by atoms with Gasteiger partial charge in [-0.25, -0.2) is 0 Å². The van der Waals surface area contributed by atoms with Crippen LogP contribution in [-0.4, -0.2) is 39.3 Å². The predicted molar refractivity (Wildman–Crippen MR) is 162 cm³/mol. The molecular weight excluding hydrogens is 552 g/mol. The second kappa shape index (κ2) is 19.9. The fourth-order valence-electron chi connectivity index (χ4n) is 5.68. The van der Waals surface area contributed by atoms with E-state index in [4.69, 9.17) is 8.37 Å². The van der Waals surface area contributed by atoms with Crippen molar-refractivity contribution < 1.29 is 34.8 Å². The molecule has 0 heterocycles. The van der Waals surface area contributed by atoms with Gasteiger partial charge >= 0.3 is 32.2 Å².